The molecule has 0 aliphatic heterocycles. The topological polar surface area (TPSA) is 160 Å². The van der Waals surface area contributed by atoms with Crippen molar-refractivity contribution in [2.45, 2.75) is 31.9 Å². The van der Waals surface area contributed by atoms with Crippen molar-refractivity contribution in [2.75, 3.05) is 6.61 Å². The largest absolute Gasteiger partial charge is 0.457 e. The van der Waals surface area contributed by atoms with Gasteiger partial charge in [0.1, 0.15) is 29.3 Å². The van der Waals surface area contributed by atoms with Gasteiger partial charge in [0.25, 0.3) is 0 Å². The van der Waals surface area contributed by atoms with E-state index in [4.69, 9.17) is 9.88 Å². The Balaban J connectivity index is 1.24. The molecule has 0 bridgehead atoms. The Hall–Kier alpha value is -4.04. The van der Waals surface area contributed by atoms with Crippen molar-refractivity contribution >= 4 is 16.1 Å². The molecule has 0 spiro atoms. The zero-order valence-electron chi connectivity index (χ0n) is 21.8. The fraction of sp³-hybridized carbons (Fsp3) is 0.286. The molecule has 2 aromatic heterocycles. The van der Waals surface area contributed by atoms with Gasteiger partial charge in [-0.05, 0) is 73.2 Å². The van der Waals surface area contributed by atoms with E-state index in [1.165, 1.54) is 24.7 Å². The predicted molar refractivity (Wildman–Crippen MR) is 145 cm³/mol. The Morgan fingerprint density at radius 2 is 1.93 bits per heavy atom. The lowest BCUT2D eigenvalue weighted by Gasteiger charge is -2.13. The van der Waals surface area contributed by atoms with Gasteiger partial charge in [-0.25, -0.2) is 19.5 Å². The number of nitrogens with two attached hydrogens (primary N) is 1. The Morgan fingerprint density at radius 3 is 2.71 bits per heavy atom. The number of nitrogens with zero attached hydrogens (tertiary/aromatic N) is 4. The molecule has 4 aromatic rings. The minimum atomic E-state index is -4.10. The minimum absolute atomic E-state index is 0.0394. The Labute approximate surface area is 236 Å². The summed E-state index contributed by atoms with van der Waals surface area (Å²) in [5, 5.41) is 19.7. The van der Waals surface area contributed by atoms with Crippen LogP contribution in [0.5, 0.6) is 11.5 Å². The van der Waals surface area contributed by atoms with Crippen LogP contribution in [0.3, 0.4) is 0 Å². The van der Waals surface area contributed by atoms with Crippen LogP contribution < -0.4 is 9.88 Å². The lowest BCUT2D eigenvalue weighted by molar-refractivity contribution is 0.100. The number of aliphatic hydroxyl groups excluding tert-OH is 1. The van der Waals surface area contributed by atoms with Crippen LogP contribution in [0.25, 0.3) is 0 Å². The molecule has 1 fully saturated rings. The monoisotopic (exact) mass is 581 g/mol. The van der Waals surface area contributed by atoms with Crippen molar-refractivity contribution in [1.29, 1.82) is 0 Å². The number of hydrogen-bond donors (Lipinski definition) is 2. The van der Waals surface area contributed by atoms with E-state index in [9.17, 15) is 22.7 Å². The predicted octanol–water partition coefficient (Wildman–Crippen LogP) is 3.03. The van der Waals surface area contributed by atoms with Gasteiger partial charge in [-0.15, -0.1) is 0 Å². The van der Waals surface area contributed by atoms with Crippen molar-refractivity contribution in [1.82, 2.24) is 19.7 Å². The molecule has 0 saturated heterocycles. The van der Waals surface area contributed by atoms with E-state index in [0.717, 1.165) is 5.56 Å². The van der Waals surface area contributed by atoms with Gasteiger partial charge in [0, 0.05) is 18.3 Å². The van der Waals surface area contributed by atoms with Crippen LogP contribution in [0.2, 0.25) is 0 Å². The molecule has 41 heavy (non-hydrogen) atoms. The zero-order valence-corrected chi connectivity index (χ0v) is 22.7. The van der Waals surface area contributed by atoms with Gasteiger partial charge < -0.3 is 9.84 Å². The van der Waals surface area contributed by atoms with E-state index in [0.29, 0.717) is 48.6 Å². The number of rotatable bonds is 11. The second-order valence-electron chi connectivity index (χ2n) is 9.96. The van der Waals surface area contributed by atoms with Crippen LogP contribution in [0.4, 0.5) is 4.39 Å². The fourth-order valence-corrected chi connectivity index (χ4v) is 5.33. The number of ketones is 1. The van der Waals surface area contributed by atoms with Gasteiger partial charge in [-0.1, -0.05) is 12.1 Å². The molecule has 1 aliphatic carbocycles. The maximum Gasteiger partial charge on any atom is 0.333 e. The summed E-state index contributed by atoms with van der Waals surface area (Å²) in [6, 6.07) is 14.7. The smallest absolute Gasteiger partial charge is 0.333 e. The zero-order chi connectivity index (χ0) is 29.0. The van der Waals surface area contributed by atoms with Crippen LogP contribution >= 0.6 is 0 Å². The van der Waals surface area contributed by atoms with Crippen molar-refractivity contribution in [3.8, 4) is 11.5 Å². The number of aliphatic hydroxyl groups is 1. The van der Waals surface area contributed by atoms with Gasteiger partial charge in [-0.3, -0.25) is 13.7 Å². The molecule has 1 saturated carbocycles. The van der Waals surface area contributed by atoms with Gasteiger partial charge in [0.05, 0.1) is 30.5 Å². The molecule has 0 radical (unpaired) electrons. The summed E-state index contributed by atoms with van der Waals surface area (Å²) in [7, 11) is -4.10. The van der Waals surface area contributed by atoms with E-state index in [2.05, 4.69) is 19.2 Å². The quantitative estimate of drug-likeness (QED) is 0.254. The van der Waals surface area contributed by atoms with Gasteiger partial charge in [0.15, 0.2) is 0 Å². The third-order valence-electron chi connectivity index (χ3n) is 6.89. The summed E-state index contributed by atoms with van der Waals surface area (Å²) in [6.07, 6.45) is 5.06. The van der Waals surface area contributed by atoms with Crippen molar-refractivity contribution in [2.24, 2.45) is 17.0 Å². The van der Waals surface area contributed by atoms with E-state index in [1.807, 2.05) is 18.2 Å². The van der Waals surface area contributed by atoms with E-state index < -0.39 is 22.3 Å². The highest BCUT2D eigenvalue weighted by Crippen LogP contribution is 2.34. The van der Waals surface area contributed by atoms with Gasteiger partial charge >= 0.3 is 10.3 Å². The number of carbonyl (C=O) groups is 1. The van der Waals surface area contributed by atoms with Crippen molar-refractivity contribution in [3.05, 3.63) is 102 Å². The average Bonchev–Trinajstić information content (AvgIpc) is 3.54. The van der Waals surface area contributed by atoms with E-state index in [-0.39, 0.29) is 29.8 Å². The molecule has 3 N–H and O–H groups in total. The number of hydrogen-bond acceptors (Lipinski definition) is 9. The van der Waals surface area contributed by atoms with E-state index >= 15 is 0 Å². The summed E-state index contributed by atoms with van der Waals surface area (Å²) >= 11 is 0. The molecule has 2 aromatic carbocycles. The average molecular weight is 582 g/mol. The van der Waals surface area contributed by atoms with Crippen LogP contribution in [0, 0.1) is 17.7 Å². The Bertz CT molecular complexity index is 1630. The first-order valence-corrected chi connectivity index (χ1v) is 14.3. The minimum Gasteiger partial charge on any atom is -0.457 e. The standard InChI is InChI=1S/C28H28FN5O6S/c29-21-4-6-22(7-5-21)40-23-3-1-2-18(11-23)15-34-9-8-25(33-34)28(36)24-14-31-17-32-26(24)12-19-10-20(27(35)13-19)16-39-41(30,37)38/h1-9,11,14,17,19-20,27,35H,10,12-13,15-16H2,(H2,30,37,38)/t19-,20+,27-/m0/s1. The summed E-state index contributed by atoms with van der Waals surface area (Å²) < 4.78 is 47.5. The summed E-state index contributed by atoms with van der Waals surface area (Å²) in [6.45, 7) is 0.179. The molecule has 13 heteroatoms. The van der Waals surface area contributed by atoms with Crippen molar-refractivity contribution in [3.63, 3.8) is 0 Å². The normalized spacial score (nSPS) is 18.9. The highest BCUT2D eigenvalue weighted by atomic mass is 32.2. The lowest BCUT2D eigenvalue weighted by Crippen LogP contribution is -2.24. The van der Waals surface area contributed by atoms with Crippen LogP contribution in [-0.2, 0) is 27.5 Å². The molecular weight excluding hydrogens is 553 g/mol. The second-order valence-corrected chi connectivity index (χ2v) is 11.2. The van der Waals surface area contributed by atoms with Crippen LogP contribution in [0.1, 0.15) is 40.2 Å². The third-order valence-corrected chi connectivity index (χ3v) is 7.35. The van der Waals surface area contributed by atoms with Gasteiger partial charge in [0.2, 0.25) is 5.78 Å². The number of halogens is 1. The molecule has 1 aliphatic rings. The number of ether oxygens (including phenoxy) is 1. The summed E-state index contributed by atoms with van der Waals surface area (Å²) in [5.41, 5.74) is 1.95. The fourth-order valence-electron chi connectivity index (χ4n) is 4.97. The first-order chi connectivity index (χ1) is 19.6. The maximum absolute atomic E-state index is 13.4. The van der Waals surface area contributed by atoms with Gasteiger partial charge in [-0.2, -0.15) is 13.5 Å². The second kappa shape index (κ2) is 12.2. The van der Waals surface area contributed by atoms with Crippen LogP contribution in [-0.4, -0.2) is 51.8 Å². The Morgan fingerprint density at radius 1 is 1.12 bits per heavy atom. The maximum atomic E-state index is 13.4. The summed E-state index contributed by atoms with van der Waals surface area (Å²) in [5.74, 6) is -0.0178. The highest BCUT2D eigenvalue weighted by molar-refractivity contribution is 7.84. The first-order valence-electron chi connectivity index (χ1n) is 12.9. The molecule has 3 atom stereocenters. The SMILES string of the molecule is NS(=O)(=O)OC[C@H]1C[C@@H](Cc2ncncc2C(=O)c2ccn(Cc3cccc(Oc4ccc(F)cc4)c3)n2)C[C@@H]1O. The van der Waals surface area contributed by atoms with Crippen LogP contribution in [0.15, 0.2) is 73.3 Å². The lowest BCUT2D eigenvalue weighted by atomic mass is 9.96. The third kappa shape index (κ3) is 7.58. The highest BCUT2D eigenvalue weighted by Gasteiger charge is 2.35. The Kier molecular flexibility index (Phi) is 8.49. The molecule has 0 amide bonds. The number of carbonyl (C=O) groups excluding carboxylic acids is 1. The molecule has 214 valence electrons. The molecule has 0 unspecified atom stereocenters. The van der Waals surface area contributed by atoms with Crippen molar-refractivity contribution < 1.29 is 31.6 Å². The number of aromatic nitrogens is 4. The number of benzene rings is 2. The van der Waals surface area contributed by atoms with E-state index in [1.54, 1.807) is 35.1 Å². The molecule has 2 heterocycles. The first kappa shape index (κ1) is 28.5. The molecule has 11 nitrogen and oxygen atoms in total. The molecule has 5 rings (SSSR count). The molecular formula is C28H28FN5O6S. The summed E-state index contributed by atoms with van der Waals surface area (Å²) in [4.78, 5) is 21.7.